The zero-order valence-corrected chi connectivity index (χ0v) is 11.2. The van der Waals surface area contributed by atoms with E-state index in [0.717, 1.165) is 23.4 Å². The van der Waals surface area contributed by atoms with E-state index in [1.54, 1.807) is 0 Å². The lowest BCUT2D eigenvalue weighted by molar-refractivity contribution is 0.792. The second kappa shape index (κ2) is 5.72. The summed E-state index contributed by atoms with van der Waals surface area (Å²) in [6.07, 6.45) is 2.73. The predicted octanol–water partition coefficient (Wildman–Crippen LogP) is 3.04. The number of rotatable bonds is 4. The Morgan fingerprint density at radius 3 is 2.20 bits per heavy atom. The topological polar surface area (TPSA) is 43.8 Å². The fourth-order valence-electron chi connectivity index (χ4n) is 2.40. The van der Waals surface area contributed by atoms with E-state index in [4.69, 9.17) is 5.73 Å². The molecule has 0 atom stereocenters. The Balaban J connectivity index is 2.12. The molecule has 2 aromatic carbocycles. The molecule has 0 aliphatic heterocycles. The first-order chi connectivity index (χ1) is 9.90. The highest BCUT2D eigenvalue weighted by molar-refractivity contribution is 5.66. The summed E-state index contributed by atoms with van der Waals surface area (Å²) >= 11 is 0. The monoisotopic (exact) mass is 263 g/mol. The molecule has 0 unspecified atom stereocenters. The molecule has 0 saturated carbocycles. The van der Waals surface area contributed by atoms with Crippen molar-refractivity contribution in [2.75, 3.05) is 6.54 Å². The third-order valence-electron chi connectivity index (χ3n) is 3.34. The second-order valence-corrected chi connectivity index (χ2v) is 4.66. The van der Waals surface area contributed by atoms with Crippen molar-refractivity contribution in [2.24, 2.45) is 5.73 Å². The van der Waals surface area contributed by atoms with Gasteiger partial charge in [-0.05, 0) is 24.2 Å². The van der Waals surface area contributed by atoms with Crippen LogP contribution in [-0.2, 0) is 6.42 Å². The van der Waals surface area contributed by atoms with Gasteiger partial charge in [0, 0.05) is 12.0 Å². The highest BCUT2D eigenvalue weighted by atomic mass is 15.3. The van der Waals surface area contributed by atoms with Crippen LogP contribution in [0.4, 0.5) is 0 Å². The van der Waals surface area contributed by atoms with Crippen LogP contribution < -0.4 is 5.73 Å². The average Bonchev–Trinajstić information content (AvgIpc) is 2.93. The van der Waals surface area contributed by atoms with E-state index in [0.29, 0.717) is 6.54 Å². The summed E-state index contributed by atoms with van der Waals surface area (Å²) in [4.78, 5) is 0. The third-order valence-corrected chi connectivity index (χ3v) is 3.34. The summed E-state index contributed by atoms with van der Waals surface area (Å²) in [6, 6.07) is 20.5. The van der Waals surface area contributed by atoms with E-state index < -0.39 is 0 Å². The number of hydrogen-bond acceptors (Lipinski definition) is 2. The molecule has 2 N–H and O–H groups in total. The molecular formula is C17H17N3. The zero-order valence-electron chi connectivity index (χ0n) is 11.2. The Bertz CT molecular complexity index is 615. The molecule has 0 bridgehead atoms. The molecule has 3 heteroatoms. The first-order valence-electron chi connectivity index (χ1n) is 6.78. The molecule has 3 rings (SSSR count). The Labute approximate surface area is 118 Å². The van der Waals surface area contributed by atoms with Gasteiger partial charge in [0.15, 0.2) is 0 Å². The van der Waals surface area contributed by atoms with Gasteiger partial charge in [-0.15, -0.1) is 0 Å². The van der Waals surface area contributed by atoms with Gasteiger partial charge in [0.1, 0.15) is 0 Å². The average molecular weight is 263 g/mol. The summed E-state index contributed by atoms with van der Waals surface area (Å²) < 4.78 is 1.98. The van der Waals surface area contributed by atoms with Crippen molar-refractivity contribution in [3.63, 3.8) is 0 Å². The smallest absolute Gasteiger partial charge is 0.0649 e. The van der Waals surface area contributed by atoms with Gasteiger partial charge in [-0.25, -0.2) is 4.68 Å². The molecule has 0 fully saturated rings. The molecule has 0 radical (unpaired) electrons. The Hall–Kier alpha value is -2.39. The Morgan fingerprint density at radius 1 is 0.900 bits per heavy atom. The van der Waals surface area contributed by atoms with Crippen molar-refractivity contribution in [3.8, 4) is 16.8 Å². The van der Waals surface area contributed by atoms with Gasteiger partial charge in [0.05, 0.1) is 17.6 Å². The van der Waals surface area contributed by atoms with E-state index in [2.05, 4.69) is 29.4 Å². The van der Waals surface area contributed by atoms with Crippen LogP contribution in [0.25, 0.3) is 16.8 Å². The van der Waals surface area contributed by atoms with Gasteiger partial charge in [-0.1, -0.05) is 48.5 Å². The van der Waals surface area contributed by atoms with Gasteiger partial charge in [0.25, 0.3) is 0 Å². The Morgan fingerprint density at radius 2 is 1.55 bits per heavy atom. The summed E-state index contributed by atoms with van der Waals surface area (Å²) in [7, 11) is 0. The van der Waals surface area contributed by atoms with Crippen molar-refractivity contribution in [3.05, 3.63) is 72.6 Å². The van der Waals surface area contributed by atoms with Crippen LogP contribution in [0.3, 0.4) is 0 Å². The summed E-state index contributed by atoms with van der Waals surface area (Å²) in [5.41, 5.74) is 10.3. The van der Waals surface area contributed by atoms with Gasteiger partial charge < -0.3 is 5.73 Å². The van der Waals surface area contributed by atoms with Crippen LogP contribution in [0.1, 0.15) is 5.69 Å². The summed E-state index contributed by atoms with van der Waals surface area (Å²) in [5, 5.41) is 4.54. The summed E-state index contributed by atoms with van der Waals surface area (Å²) in [6.45, 7) is 0.609. The highest BCUT2D eigenvalue weighted by Crippen LogP contribution is 2.25. The number of para-hydroxylation sites is 1. The van der Waals surface area contributed by atoms with E-state index in [-0.39, 0.29) is 0 Å². The molecule has 3 nitrogen and oxygen atoms in total. The van der Waals surface area contributed by atoms with Gasteiger partial charge >= 0.3 is 0 Å². The molecular weight excluding hydrogens is 246 g/mol. The zero-order chi connectivity index (χ0) is 13.8. The van der Waals surface area contributed by atoms with Crippen molar-refractivity contribution >= 4 is 0 Å². The number of aromatic nitrogens is 2. The number of nitrogens with two attached hydrogens (primary N) is 1. The first kappa shape index (κ1) is 12.6. The van der Waals surface area contributed by atoms with Crippen LogP contribution in [0.5, 0.6) is 0 Å². The van der Waals surface area contributed by atoms with Crippen LogP contribution in [0.15, 0.2) is 66.9 Å². The molecule has 0 aliphatic rings. The minimum Gasteiger partial charge on any atom is -0.330 e. The van der Waals surface area contributed by atoms with Crippen molar-refractivity contribution in [1.29, 1.82) is 0 Å². The molecule has 100 valence electrons. The molecule has 1 heterocycles. The summed E-state index contributed by atoms with van der Waals surface area (Å²) in [5.74, 6) is 0. The van der Waals surface area contributed by atoms with Gasteiger partial charge in [-0.3, -0.25) is 0 Å². The van der Waals surface area contributed by atoms with E-state index in [1.165, 1.54) is 5.56 Å². The second-order valence-electron chi connectivity index (χ2n) is 4.66. The third kappa shape index (κ3) is 2.36. The van der Waals surface area contributed by atoms with Crippen molar-refractivity contribution in [1.82, 2.24) is 9.78 Å². The molecule has 3 aromatic rings. The number of hydrogen-bond donors (Lipinski definition) is 1. The quantitative estimate of drug-likeness (QED) is 0.786. The number of nitrogens with zero attached hydrogens (tertiary/aromatic N) is 2. The highest BCUT2D eigenvalue weighted by Gasteiger charge is 2.12. The molecule has 1 aromatic heterocycles. The minimum atomic E-state index is 0.609. The maximum absolute atomic E-state index is 5.77. The standard InChI is InChI=1S/C17H17N3/c18-12-11-17-16(14-7-3-1-4-8-14)13-19-20(17)15-9-5-2-6-10-15/h1-10,13H,11-12,18H2. The first-order valence-corrected chi connectivity index (χ1v) is 6.78. The lowest BCUT2D eigenvalue weighted by Crippen LogP contribution is -2.09. The van der Waals surface area contributed by atoms with E-state index in [1.807, 2.05) is 47.3 Å². The fraction of sp³-hybridized carbons (Fsp3) is 0.118. The SMILES string of the molecule is NCCc1c(-c2ccccc2)cnn1-c1ccccc1. The van der Waals surface area contributed by atoms with Gasteiger partial charge in [0.2, 0.25) is 0 Å². The van der Waals surface area contributed by atoms with Gasteiger partial charge in [-0.2, -0.15) is 5.10 Å². The lowest BCUT2D eigenvalue weighted by atomic mass is 10.0. The molecule has 0 amide bonds. The predicted molar refractivity (Wildman–Crippen MR) is 81.8 cm³/mol. The minimum absolute atomic E-state index is 0.609. The van der Waals surface area contributed by atoms with E-state index in [9.17, 15) is 0 Å². The lowest BCUT2D eigenvalue weighted by Gasteiger charge is -2.09. The van der Waals surface area contributed by atoms with Crippen LogP contribution in [0.2, 0.25) is 0 Å². The molecule has 0 spiro atoms. The van der Waals surface area contributed by atoms with Crippen molar-refractivity contribution < 1.29 is 0 Å². The molecule has 20 heavy (non-hydrogen) atoms. The van der Waals surface area contributed by atoms with Crippen LogP contribution >= 0.6 is 0 Å². The normalized spacial score (nSPS) is 10.7. The van der Waals surface area contributed by atoms with E-state index >= 15 is 0 Å². The number of benzene rings is 2. The maximum Gasteiger partial charge on any atom is 0.0649 e. The fourth-order valence-corrected chi connectivity index (χ4v) is 2.40. The van der Waals surface area contributed by atoms with Crippen LogP contribution in [-0.4, -0.2) is 16.3 Å². The molecule has 0 saturated heterocycles. The van der Waals surface area contributed by atoms with Crippen molar-refractivity contribution in [2.45, 2.75) is 6.42 Å². The largest absolute Gasteiger partial charge is 0.330 e. The maximum atomic E-state index is 5.77. The van der Waals surface area contributed by atoms with Crippen LogP contribution in [0, 0.1) is 0 Å². The molecule has 0 aliphatic carbocycles. The Kier molecular flexibility index (Phi) is 3.61.